The van der Waals surface area contributed by atoms with Crippen molar-refractivity contribution in [3.8, 4) is 17.2 Å². The van der Waals surface area contributed by atoms with Crippen molar-refractivity contribution in [3.63, 3.8) is 0 Å². The molecule has 7 nitrogen and oxygen atoms in total. The molecule has 1 heterocycles. The molecule has 1 atom stereocenters. The summed E-state index contributed by atoms with van der Waals surface area (Å²) in [6.07, 6.45) is 5.70. The van der Waals surface area contributed by atoms with Gasteiger partial charge in [-0.3, -0.25) is 4.79 Å². The second-order valence-electron chi connectivity index (χ2n) is 6.25. The van der Waals surface area contributed by atoms with Crippen LogP contribution in [0.4, 0.5) is 8.78 Å². The molecule has 3 aromatic rings. The number of aromatic nitrogens is 3. The Bertz CT molecular complexity index is 1010. The van der Waals surface area contributed by atoms with E-state index >= 15 is 0 Å². The molecule has 0 aliphatic carbocycles. The van der Waals surface area contributed by atoms with Crippen molar-refractivity contribution >= 4 is 12.0 Å². The molecule has 1 N–H and O–H groups in total. The Kier molecular flexibility index (Phi) is 6.74. The topological polar surface area (TPSA) is 78.3 Å². The zero-order chi connectivity index (χ0) is 21.5. The van der Waals surface area contributed by atoms with E-state index in [1.807, 2.05) is 31.2 Å². The quantitative estimate of drug-likeness (QED) is 0.568. The zero-order valence-corrected chi connectivity index (χ0v) is 16.3. The Hall–Kier alpha value is -3.75. The Labute approximate surface area is 172 Å². The van der Waals surface area contributed by atoms with Gasteiger partial charge in [0.05, 0.1) is 18.8 Å². The lowest BCUT2D eigenvalue weighted by atomic mass is 10.1. The van der Waals surface area contributed by atoms with Gasteiger partial charge >= 0.3 is 6.61 Å². The molecule has 0 spiro atoms. The summed E-state index contributed by atoms with van der Waals surface area (Å²) in [4.78, 5) is 16.2. The van der Waals surface area contributed by atoms with Crippen LogP contribution in [-0.4, -0.2) is 34.4 Å². The van der Waals surface area contributed by atoms with Gasteiger partial charge < -0.3 is 14.8 Å². The molecule has 1 aromatic heterocycles. The summed E-state index contributed by atoms with van der Waals surface area (Å²) in [5.41, 5.74) is 2.04. The third kappa shape index (κ3) is 5.19. The molecule has 0 aliphatic heterocycles. The molecule has 156 valence electrons. The molecular formula is C21H20F2N4O3. The fourth-order valence-corrected chi connectivity index (χ4v) is 2.81. The predicted molar refractivity (Wildman–Crippen MR) is 107 cm³/mol. The number of nitrogens with one attached hydrogen (secondary N) is 1. The van der Waals surface area contributed by atoms with Crippen LogP contribution in [0.3, 0.4) is 0 Å². The highest BCUT2D eigenvalue weighted by Crippen LogP contribution is 2.33. The summed E-state index contributed by atoms with van der Waals surface area (Å²) >= 11 is 0. The molecule has 30 heavy (non-hydrogen) atoms. The van der Waals surface area contributed by atoms with Crippen LogP contribution in [0.15, 0.2) is 61.2 Å². The van der Waals surface area contributed by atoms with E-state index in [1.54, 1.807) is 23.1 Å². The fraction of sp³-hybridized carbons (Fsp3) is 0.190. The van der Waals surface area contributed by atoms with E-state index in [9.17, 15) is 13.6 Å². The molecule has 3 rings (SSSR count). The van der Waals surface area contributed by atoms with Crippen molar-refractivity contribution in [3.05, 3.63) is 72.3 Å². The van der Waals surface area contributed by atoms with Crippen LogP contribution in [0.2, 0.25) is 0 Å². The van der Waals surface area contributed by atoms with Crippen molar-refractivity contribution in [2.24, 2.45) is 0 Å². The van der Waals surface area contributed by atoms with E-state index in [0.29, 0.717) is 5.56 Å². The Morgan fingerprint density at radius 1 is 1.20 bits per heavy atom. The number of ether oxygens (including phenoxy) is 2. The number of carbonyl (C=O) groups is 1. The van der Waals surface area contributed by atoms with Gasteiger partial charge in [-0.1, -0.05) is 24.3 Å². The van der Waals surface area contributed by atoms with Gasteiger partial charge in [0.1, 0.15) is 12.7 Å². The number of amides is 1. The van der Waals surface area contributed by atoms with E-state index in [2.05, 4.69) is 20.1 Å². The molecule has 0 fully saturated rings. The third-order valence-corrected chi connectivity index (χ3v) is 4.29. The maximum absolute atomic E-state index is 12.7. The number of nitrogens with zero attached hydrogens (tertiary/aromatic N) is 3. The molecule has 0 saturated heterocycles. The zero-order valence-electron chi connectivity index (χ0n) is 16.3. The summed E-state index contributed by atoms with van der Waals surface area (Å²) in [5.74, 6) is -0.358. The highest BCUT2D eigenvalue weighted by molar-refractivity contribution is 5.92. The summed E-state index contributed by atoms with van der Waals surface area (Å²) in [6.45, 7) is -1.17. The number of hydrogen-bond acceptors (Lipinski definition) is 5. The van der Waals surface area contributed by atoms with Crippen LogP contribution in [0, 0.1) is 0 Å². The smallest absolute Gasteiger partial charge is 0.387 e. The Morgan fingerprint density at radius 3 is 2.60 bits per heavy atom. The van der Waals surface area contributed by atoms with Crippen molar-refractivity contribution in [2.45, 2.75) is 19.6 Å². The summed E-state index contributed by atoms with van der Waals surface area (Å²) < 4.78 is 36.6. The van der Waals surface area contributed by atoms with Gasteiger partial charge in [0, 0.05) is 11.6 Å². The standard InChI is InChI=1S/C21H20F2N4O3/c1-14(15-6-9-17(10-7-15)27-13-24-12-25-27)26-19(28)11-8-16-4-3-5-18(29-2)20(16)30-21(22)23/h3-14,21H,1-2H3,(H,26,28)/b11-8+. The lowest BCUT2D eigenvalue weighted by molar-refractivity contribution is -0.117. The van der Waals surface area contributed by atoms with E-state index in [1.165, 1.54) is 31.7 Å². The number of hydrogen-bond donors (Lipinski definition) is 1. The third-order valence-electron chi connectivity index (χ3n) is 4.29. The van der Waals surface area contributed by atoms with Gasteiger partial charge in [0.25, 0.3) is 0 Å². The van der Waals surface area contributed by atoms with Crippen LogP contribution < -0.4 is 14.8 Å². The van der Waals surface area contributed by atoms with E-state index in [0.717, 1.165) is 11.3 Å². The minimum atomic E-state index is -3.01. The Morgan fingerprint density at radius 2 is 1.97 bits per heavy atom. The number of halogens is 2. The number of methoxy groups -OCH3 is 1. The lowest BCUT2D eigenvalue weighted by Crippen LogP contribution is -2.24. The maximum atomic E-state index is 12.7. The molecule has 9 heteroatoms. The summed E-state index contributed by atoms with van der Waals surface area (Å²) in [7, 11) is 1.35. The summed E-state index contributed by atoms with van der Waals surface area (Å²) in [6, 6.07) is 11.9. The van der Waals surface area contributed by atoms with Gasteiger partial charge in [0.15, 0.2) is 11.5 Å². The minimum absolute atomic E-state index is 0.129. The maximum Gasteiger partial charge on any atom is 0.387 e. The van der Waals surface area contributed by atoms with Gasteiger partial charge in [-0.2, -0.15) is 13.9 Å². The van der Waals surface area contributed by atoms with Crippen LogP contribution in [0.25, 0.3) is 11.8 Å². The molecule has 0 bridgehead atoms. The van der Waals surface area contributed by atoms with Gasteiger partial charge in [-0.25, -0.2) is 9.67 Å². The SMILES string of the molecule is COc1cccc(/C=C/C(=O)NC(C)c2ccc(-n3cncn3)cc2)c1OC(F)F. The predicted octanol–water partition coefficient (Wildman–Crippen LogP) is 3.77. The second-order valence-corrected chi connectivity index (χ2v) is 6.25. The molecule has 0 radical (unpaired) electrons. The van der Waals surface area contributed by atoms with E-state index in [-0.39, 0.29) is 23.4 Å². The fourth-order valence-electron chi connectivity index (χ4n) is 2.81. The number of benzene rings is 2. The Balaban J connectivity index is 1.67. The first kappa shape index (κ1) is 21.0. The number of alkyl halides is 2. The normalized spacial score (nSPS) is 12.2. The molecule has 1 unspecified atom stereocenters. The molecule has 0 saturated carbocycles. The second kappa shape index (κ2) is 9.64. The average Bonchev–Trinajstić information content (AvgIpc) is 3.27. The average molecular weight is 414 g/mol. The van der Waals surface area contributed by atoms with Crippen LogP contribution in [0.1, 0.15) is 24.1 Å². The molecule has 0 aliphatic rings. The summed E-state index contributed by atoms with van der Waals surface area (Å²) in [5, 5.41) is 6.89. The first-order valence-electron chi connectivity index (χ1n) is 9.03. The van der Waals surface area contributed by atoms with Crippen molar-refractivity contribution in [1.29, 1.82) is 0 Å². The van der Waals surface area contributed by atoms with Gasteiger partial charge in [-0.05, 0) is 36.8 Å². The van der Waals surface area contributed by atoms with Crippen molar-refractivity contribution in [1.82, 2.24) is 20.1 Å². The molecule has 1 amide bonds. The number of rotatable bonds is 8. The number of para-hydroxylation sites is 1. The van der Waals surface area contributed by atoms with Crippen molar-refractivity contribution in [2.75, 3.05) is 7.11 Å². The van der Waals surface area contributed by atoms with Crippen molar-refractivity contribution < 1.29 is 23.0 Å². The van der Waals surface area contributed by atoms with Gasteiger partial charge in [-0.15, -0.1) is 0 Å². The molecular weight excluding hydrogens is 394 g/mol. The van der Waals surface area contributed by atoms with E-state index in [4.69, 9.17) is 4.74 Å². The van der Waals surface area contributed by atoms with Crippen LogP contribution in [-0.2, 0) is 4.79 Å². The highest BCUT2D eigenvalue weighted by Gasteiger charge is 2.14. The highest BCUT2D eigenvalue weighted by atomic mass is 19.3. The van der Waals surface area contributed by atoms with Crippen LogP contribution >= 0.6 is 0 Å². The lowest BCUT2D eigenvalue weighted by Gasteiger charge is -2.14. The molecule has 2 aromatic carbocycles. The monoisotopic (exact) mass is 414 g/mol. The van der Waals surface area contributed by atoms with E-state index < -0.39 is 6.61 Å². The van der Waals surface area contributed by atoms with Crippen LogP contribution in [0.5, 0.6) is 11.5 Å². The number of carbonyl (C=O) groups excluding carboxylic acids is 1. The van der Waals surface area contributed by atoms with Gasteiger partial charge in [0.2, 0.25) is 5.91 Å². The minimum Gasteiger partial charge on any atom is -0.493 e. The first-order chi connectivity index (χ1) is 14.5. The first-order valence-corrected chi connectivity index (χ1v) is 9.03. The largest absolute Gasteiger partial charge is 0.493 e.